The predicted octanol–water partition coefficient (Wildman–Crippen LogP) is 4.14. The summed E-state index contributed by atoms with van der Waals surface area (Å²) in [5, 5.41) is 9.27. The molecule has 0 saturated carbocycles. The van der Waals surface area contributed by atoms with Gasteiger partial charge in [0.1, 0.15) is 0 Å². The summed E-state index contributed by atoms with van der Waals surface area (Å²) in [4.78, 5) is 13.2. The smallest absolute Gasteiger partial charge is 0.416 e. The Morgan fingerprint density at radius 3 is 2.23 bits per heavy atom. The molecule has 0 saturated heterocycles. The lowest BCUT2D eigenvalue weighted by Crippen LogP contribution is -2.12. The van der Waals surface area contributed by atoms with Crippen molar-refractivity contribution in [2.45, 2.75) is 6.18 Å². The molecule has 0 aliphatic carbocycles. The van der Waals surface area contributed by atoms with E-state index in [1.165, 1.54) is 6.07 Å². The summed E-state index contributed by atoms with van der Waals surface area (Å²) in [5.41, 5.74) is 0.202. The molecule has 0 radical (unpaired) electrons. The van der Waals surface area contributed by atoms with E-state index in [0.29, 0.717) is 11.6 Å². The van der Waals surface area contributed by atoms with Crippen LogP contribution in [0.3, 0.4) is 0 Å². The first-order chi connectivity index (χ1) is 10.2. The molecule has 22 heavy (non-hydrogen) atoms. The predicted molar refractivity (Wildman–Crippen MR) is 78.2 cm³/mol. The van der Waals surface area contributed by atoms with Crippen molar-refractivity contribution in [3.05, 3.63) is 53.6 Å². The highest BCUT2D eigenvalue weighted by Crippen LogP contribution is 2.36. The molecule has 0 aliphatic heterocycles. The van der Waals surface area contributed by atoms with Crippen LogP contribution in [0.4, 0.5) is 18.9 Å². The van der Waals surface area contributed by atoms with Gasteiger partial charge in [0.2, 0.25) is 0 Å². The summed E-state index contributed by atoms with van der Waals surface area (Å²) < 4.78 is 38.3. The van der Waals surface area contributed by atoms with Crippen molar-refractivity contribution >= 4 is 11.7 Å². The number of aromatic carboxylic acids is 1. The van der Waals surface area contributed by atoms with Crippen molar-refractivity contribution < 1.29 is 23.1 Å². The molecule has 116 valence electrons. The fraction of sp³-hybridized carbons (Fsp3) is 0.188. The molecule has 0 aromatic heterocycles. The van der Waals surface area contributed by atoms with Crippen molar-refractivity contribution in [1.29, 1.82) is 0 Å². The van der Waals surface area contributed by atoms with Gasteiger partial charge < -0.3 is 10.0 Å². The summed E-state index contributed by atoms with van der Waals surface area (Å²) in [7, 11) is 3.56. The van der Waals surface area contributed by atoms with Crippen LogP contribution >= 0.6 is 0 Å². The van der Waals surface area contributed by atoms with Gasteiger partial charge in [0.15, 0.2) is 0 Å². The second-order valence-corrected chi connectivity index (χ2v) is 4.97. The topological polar surface area (TPSA) is 40.5 Å². The van der Waals surface area contributed by atoms with Gasteiger partial charge in [-0.3, -0.25) is 0 Å². The fourth-order valence-electron chi connectivity index (χ4n) is 2.22. The van der Waals surface area contributed by atoms with Gasteiger partial charge in [-0.05, 0) is 23.8 Å². The zero-order chi connectivity index (χ0) is 16.5. The van der Waals surface area contributed by atoms with E-state index in [9.17, 15) is 23.1 Å². The van der Waals surface area contributed by atoms with E-state index in [0.717, 1.165) is 11.8 Å². The number of halogens is 3. The third-order valence-electron chi connectivity index (χ3n) is 3.25. The van der Waals surface area contributed by atoms with E-state index in [1.54, 1.807) is 43.3 Å². The molecule has 3 nitrogen and oxygen atoms in total. The highest BCUT2D eigenvalue weighted by molar-refractivity contribution is 5.98. The van der Waals surface area contributed by atoms with Crippen LogP contribution < -0.4 is 4.90 Å². The fourth-order valence-corrected chi connectivity index (χ4v) is 2.22. The van der Waals surface area contributed by atoms with Crippen LogP contribution in [0.15, 0.2) is 42.5 Å². The molecule has 0 fully saturated rings. The van der Waals surface area contributed by atoms with E-state index < -0.39 is 17.7 Å². The Hall–Kier alpha value is -2.50. The summed E-state index contributed by atoms with van der Waals surface area (Å²) in [5.74, 6) is -1.39. The lowest BCUT2D eigenvalue weighted by atomic mass is 9.95. The summed E-state index contributed by atoms with van der Waals surface area (Å²) in [6, 6.07) is 9.73. The van der Waals surface area contributed by atoms with Gasteiger partial charge in [-0.1, -0.05) is 24.3 Å². The van der Waals surface area contributed by atoms with Crippen LogP contribution in [0.1, 0.15) is 15.9 Å². The van der Waals surface area contributed by atoms with Crippen molar-refractivity contribution in [3.8, 4) is 11.1 Å². The maximum absolute atomic E-state index is 12.8. The quantitative estimate of drug-likeness (QED) is 0.926. The minimum absolute atomic E-state index is 0.254. The number of hydrogen-bond donors (Lipinski definition) is 1. The van der Waals surface area contributed by atoms with Gasteiger partial charge >= 0.3 is 12.1 Å². The van der Waals surface area contributed by atoms with E-state index in [-0.39, 0.29) is 11.1 Å². The molecule has 0 unspecified atom stereocenters. The Bertz CT molecular complexity index is 709. The second kappa shape index (κ2) is 5.71. The average molecular weight is 309 g/mol. The molecule has 0 heterocycles. The van der Waals surface area contributed by atoms with E-state index in [4.69, 9.17) is 0 Å². The Balaban J connectivity index is 2.69. The zero-order valence-corrected chi connectivity index (χ0v) is 12.0. The molecule has 0 amide bonds. The molecular weight excluding hydrogens is 295 g/mol. The first-order valence-electron chi connectivity index (χ1n) is 6.43. The van der Waals surface area contributed by atoms with Gasteiger partial charge in [0, 0.05) is 25.3 Å². The Morgan fingerprint density at radius 1 is 1.05 bits per heavy atom. The summed E-state index contributed by atoms with van der Waals surface area (Å²) in [6.45, 7) is 0. The maximum atomic E-state index is 12.8. The third-order valence-corrected chi connectivity index (χ3v) is 3.25. The van der Waals surface area contributed by atoms with Crippen LogP contribution in [0.5, 0.6) is 0 Å². The number of carbonyl (C=O) groups is 1. The molecule has 2 rings (SSSR count). The zero-order valence-electron chi connectivity index (χ0n) is 12.0. The molecular formula is C16H14F3NO2. The lowest BCUT2D eigenvalue weighted by Gasteiger charge is -2.19. The number of nitrogens with zero attached hydrogens (tertiary/aromatic N) is 1. The highest BCUT2D eigenvalue weighted by atomic mass is 19.4. The molecule has 2 aromatic rings. The van der Waals surface area contributed by atoms with Crippen LogP contribution in [-0.2, 0) is 6.18 Å². The van der Waals surface area contributed by atoms with E-state index in [1.807, 2.05) is 0 Å². The highest BCUT2D eigenvalue weighted by Gasteiger charge is 2.32. The molecule has 1 N–H and O–H groups in total. The Labute approximate surface area is 125 Å². The van der Waals surface area contributed by atoms with Crippen molar-refractivity contribution in [3.63, 3.8) is 0 Å². The van der Waals surface area contributed by atoms with Crippen LogP contribution in [-0.4, -0.2) is 25.2 Å². The number of rotatable bonds is 3. The van der Waals surface area contributed by atoms with Gasteiger partial charge in [-0.25, -0.2) is 4.79 Å². The van der Waals surface area contributed by atoms with E-state index >= 15 is 0 Å². The number of carboxylic acids is 1. The Kier molecular flexibility index (Phi) is 4.12. The van der Waals surface area contributed by atoms with Crippen molar-refractivity contribution in [1.82, 2.24) is 0 Å². The number of anilines is 1. The van der Waals surface area contributed by atoms with E-state index in [2.05, 4.69) is 0 Å². The monoisotopic (exact) mass is 309 g/mol. The van der Waals surface area contributed by atoms with Crippen molar-refractivity contribution in [2.75, 3.05) is 19.0 Å². The third kappa shape index (κ3) is 3.05. The number of hydrogen-bond acceptors (Lipinski definition) is 2. The largest absolute Gasteiger partial charge is 0.478 e. The SMILES string of the molecule is CN(C)c1ccccc1-c1ccc(C(F)(F)F)cc1C(=O)O. The molecule has 2 aromatic carbocycles. The van der Waals surface area contributed by atoms with Crippen molar-refractivity contribution in [2.24, 2.45) is 0 Å². The minimum Gasteiger partial charge on any atom is -0.478 e. The Morgan fingerprint density at radius 2 is 1.68 bits per heavy atom. The molecule has 6 heteroatoms. The standard InChI is InChI=1S/C16H14F3NO2/c1-20(2)14-6-4-3-5-12(14)11-8-7-10(16(17,18)19)9-13(11)15(21)22/h3-9H,1-2H3,(H,21,22). The first kappa shape index (κ1) is 15.9. The molecule has 0 bridgehead atoms. The normalized spacial score (nSPS) is 11.3. The summed E-state index contributed by atoms with van der Waals surface area (Å²) in [6.07, 6.45) is -4.58. The number of para-hydroxylation sites is 1. The van der Waals surface area contributed by atoms with Crippen LogP contribution in [0.25, 0.3) is 11.1 Å². The van der Waals surface area contributed by atoms with Gasteiger partial charge in [0.05, 0.1) is 11.1 Å². The van der Waals surface area contributed by atoms with Gasteiger partial charge in [-0.2, -0.15) is 13.2 Å². The molecule has 0 spiro atoms. The summed E-state index contributed by atoms with van der Waals surface area (Å²) >= 11 is 0. The van der Waals surface area contributed by atoms with Gasteiger partial charge in [-0.15, -0.1) is 0 Å². The number of benzene rings is 2. The molecule has 0 atom stereocenters. The van der Waals surface area contributed by atoms with Crippen LogP contribution in [0.2, 0.25) is 0 Å². The minimum atomic E-state index is -4.58. The number of carboxylic acid groups (broad SMARTS) is 1. The first-order valence-corrected chi connectivity index (χ1v) is 6.43. The van der Waals surface area contributed by atoms with Gasteiger partial charge in [0.25, 0.3) is 0 Å². The number of alkyl halides is 3. The molecule has 0 aliphatic rings. The lowest BCUT2D eigenvalue weighted by molar-refractivity contribution is -0.137. The average Bonchev–Trinajstić information content (AvgIpc) is 2.45. The second-order valence-electron chi connectivity index (χ2n) is 4.97. The van der Waals surface area contributed by atoms with Crippen LogP contribution in [0, 0.1) is 0 Å². The maximum Gasteiger partial charge on any atom is 0.416 e.